The Morgan fingerprint density at radius 2 is 1.65 bits per heavy atom. The second-order valence-electron chi connectivity index (χ2n) is 6.94. The van der Waals surface area contributed by atoms with E-state index in [9.17, 15) is 18.0 Å². The number of rotatable bonds is 5. The van der Waals surface area contributed by atoms with Crippen LogP contribution in [0.2, 0.25) is 10.0 Å². The van der Waals surface area contributed by atoms with E-state index in [2.05, 4.69) is 5.32 Å². The zero-order valence-corrected chi connectivity index (χ0v) is 19.0. The number of anilines is 1. The molecule has 2 aromatic rings. The Morgan fingerprint density at radius 1 is 1.00 bits per heavy atom. The van der Waals surface area contributed by atoms with Crippen molar-refractivity contribution in [2.45, 2.75) is 11.8 Å². The first-order chi connectivity index (χ1) is 14.7. The summed E-state index contributed by atoms with van der Waals surface area (Å²) in [7, 11) is -3.80. The first-order valence-corrected chi connectivity index (χ1v) is 11.7. The van der Waals surface area contributed by atoms with Crippen LogP contribution in [0.25, 0.3) is 6.08 Å². The Morgan fingerprint density at radius 3 is 2.26 bits per heavy atom. The lowest BCUT2D eigenvalue weighted by molar-refractivity contribution is -0.127. The van der Waals surface area contributed by atoms with E-state index in [0.29, 0.717) is 5.69 Å². The Hall–Kier alpha value is -2.39. The van der Waals surface area contributed by atoms with Gasteiger partial charge in [0.1, 0.15) is 4.90 Å². The first-order valence-electron chi connectivity index (χ1n) is 9.46. The van der Waals surface area contributed by atoms with Gasteiger partial charge in [-0.3, -0.25) is 9.59 Å². The van der Waals surface area contributed by atoms with Gasteiger partial charge in [0.25, 0.3) is 0 Å². The fourth-order valence-electron chi connectivity index (χ4n) is 3.12. The van der Waals surface area contributed by atoms with Gasteiger partial charge in [-0.25, -0.2) is 8.42 Å². The summed E-state index contributed by atoms with van der Waals surface area (Å²) in [5.41, 5.74) is 1.48. The zero-order valence-electron chi connectivity index (χ0n) is 16.7. The van der Waals surface area contributed by atoms with Gasteiger partial charge < -0.3 is 10.2 Å². The van der Waals surface area contributed by atoms with E-state index in [1.807, 2.05) is 0 Å². The van der Waals surface area contributed by atoms with Crippen LogP contribution >= 0.6 is 23.2 Å². The molecule has 10 heteroatoms. The predicted molar refractivity (Wildman–Crippen MR) is 122 cm³/mol. The molecule has 1 saturated heterocycles. The van der Waals surface area contributed by atoms with Gasteiger partial charge in [-0.2, -0.15) is 4.31 Å². The number of piperazine rings is 1. The first kappa shape index (κ1) is 23.3. The molecule has 0 bridgehead atoms. The summed E-state index contributed by atoms with van der Waals surface area (Å²) in [6.45, 7) is 2.29. The molecule has 0 spiro atoms. The van der Waals surface area contributed by atoms with E-state index in [1.54, 1.807) is 35.2 Å². The van der Waals surface area contributed by atoms with Crippen molar-refractivity contribution in [1.82, 2.24) is 9.21 Å². The van der Waals surface area contributed by atoms with Gasteiger partial charge in [0.2, 0.25) is 21.8 Å². The highest BCUT2D eigenvalue weighted by atomic mass is 35.5. The van der Waals surface area contributed by atoms with Gasteiger partial charge in [-0.05, 0) is 42.0 Å². The number of sulfonamides is 1. The molecule has 0 radical (unpaired) electrons. The number of nitrogens with one attached hydrogen (secondary N) is 1. The predicted octanol–water partition coefficient (Wildman–Crippen LogP) is 3.50. The van der Waals surface area contributed by atoms with Crippen molar-refractivity contribution in [3.05, 3.63) is 64.1 Å². The third-order valence-electron chi connectivity index (χ3n) is 4.71. The van der Waals surface area contributed by atoms with E-state index in [4.69, 9.17) is 23.2 Å². The summed E-state index contributed by atoms with van der Waals surface area (Å²) in [5, 5.41) is 3.07. The Bertz CT molecular complexity index is 1110. The molecule has 1 N–H and O–H groups in total. The minimum atomic E-state index is -3.80. The smallest absolute Gasteiger partial charge is 0.246 e. The molecule has 3 rings (SSSR count). The van der Waals surface area contributed by atoms with Crippen molar-refractivity contribution in [2.24, 2.45) is 0 Å². The zero-order chi connectivity index (χ0) is 22.6. The maximum Gasteiger partial charge on any atom is 0.246 e. The lowest BCUT2D eigenvalue weighted by Gasteiger charge is -2.33. The maximum atomic E-state index is 12.9. The normalized spacial score (nSPS) is 15.3. The summed E-state index contributed by atoms with van der Waals surface area (Å²) in [6, 6.07) is 11.4. The van der Waals surface area contributed by atoms with E-state index in [-0.39, 0.29) is 52.9 Å². The molecule has 1 aliphatic rings. The molecule has 1 aliphatic heterocycles. The lowest BCUT2D eigenvalue weighted by Crippen LogP contribution is -2.50. The maximum absolute atomic E-state index is 12.9. The van der Waals surface area contributed by atoms with Gasteiger partial charge in [0, 0.05) is 49.9 Å². The molecule has 7 nitrogen and oxygen atoms in total. The topological polar surface area (TPSA) is 86.8 Å². The quantitative estimate of drug-likeness (QED) is 0.661. The monoisotopic (exact) mass is 481 g/mol. The van der Waals surface area contributed by atoms with E-state index >= 15 is 0 Å². The fourth-order valence-corrected chi connectivity index (χ4v) is 5.28. The third-order valence-corrected chi connectivity index (χ3v) is 7.33. The molecule has 2 amide bonds. The minimum Gasteiger partial charge on any atom is -0.337 e. The third kappa shape index (κ3) is 5.86. The van der Waals surface area contributed by atoms with Crippen LogP contribution in [-0.2, 0) is 19.6 Å². The number of hydrogen-bond donors (Lipinski definition) is 1. The molecule has 1 fully saturated rings. The van der Waals surface area contributed by atoms with Gasteiger partial charge in [0.15, 0.2) is 0 Å². The molecule has 0 aromatic heterocycles. The average Bonchev–Trinajstić information content (AvgIpc) is 2.74. The molecular weight excluding hydrogens is 461 g/mol. The number of carbonyl (C=O) groups is 2. The Kier molecular flexibility index (Phi) is 7.38. The summed E-state index contributed by atoms with van der Waals surface area (Å²) >= 11 is 12.0. The van der Waals surface area contributed by atoms with Crippen molar-refractivity contribution in [3.63, 3.8) is 0 Å². The summed E-state index contributed by atoms with van der Waals surface area (Å²) in [6.07, 6.45) is 3.13. The Labute approximate surface area is 191 Å². The van der Waals surface area contributed by atoms with E-state index < -0.39 is 10.0 Å². The number of benzene rings is 2. The summed E-state index contributed by atoms with van der Waals surface area (Å²) in [4.78, 5) is 25.1. The largest absolute Gasteiger partial charge is 0.337 e. The van der Waals surface area contributed by atoms with Gasteiger partial charge >= 0.3 is 0 Å². The molecule has 0 atom stereocenters. The molecule has 0 aliphatic carbocycles. The number of hydrogen-bond acceptors (Lipinski definition) is 4. The highest BCUT2D eigenvalue weighted by Crippen LogP contribution is 2.28. The molecule has 31 heavy (non-hydrogen) atoms. The van der Waals surface area contributed by atoms with Crippen LogP contribution in [-0.4, -0.2) is 55.6 Å². The van der Waals surface area contributed by atoms with Crippen LogP contribution in [0.15, 0.2) is 53.4 Å². The number of nitrogens with zero attached hydrogens (tertiary/aromatic N) is 2. The van der Waals surface area contributed by atoms with Crippen LogP contribution in [0.5, 0.6) is 0 Å². The molecular formula is C21H21Cl2N3O4S. The number of carbonyl (C=O) groups excluding carboxylic acids is 2. The SMILES string of the molecule is CC(=O)Nc1ccc(/C=C/C(=O)N2CCN(S(=O)(=O)c3cc(Cl)ccc3Cl)CC2)cc1. The number of amides is 2. The van der Waals surface area contributed by atoms with Crippen LogP contribution < -0.4 is 5.32 Å². The minimum absolute atomic E-state index is 0.0379. The summed E-state index contributed by atoms with van der Waals surface area (Å²) in [5.74, 6) is -0.360. The molecule has 164 valence electrons. The van der Waals surface area contributed by atoms with Crippen molar-refractivity contribution in [1.29, 1.82) is 0 Å². The second-order valence-corrected chi connectivity index (χ2v) is 9.69. The van der Waals surface area contributed by atoms with Crippen LogP contribution in [0.3, 0.4) is 0 Å². The van der Waals surface area contributed by atoms with Crippen LogP contribution in [0, 0.1) is 0 Å². The molecule has 0 unspecified atom stereocenters. The van der Waals surface area contributed by atoms with Gasteiger partial charge in [0.05, 0.1) is 5.02 Å². The highest BCUT2D eigenvalue weighted by Gasteiger charge is 2.31. The van der Waals surface area contributed by atoms with Crippen molar-refractivity contribution < 1.29 is 18.0 Å². The van der Waals surface area contributed by atoms with Crippen LogP contribution in [0.1, 0.15) is 12.5 Å². The van der Waals surface area contributed by atoms with Crippen molar-refractivity contribution in [2.75, 3.05) is 31.5 Å². The standard InChI is InChI=1S/C21H21Cl2N3O4S/c1-15(27)24-18-6-2-16(3-7-18)4-9-21(28)25-10-12-26(13-11-25)31(29,30)20-14-17(22)5-8-19(20)23/h2-9,14H,10-13H2,1H3,(H,24,27)/b9-4+. The molecule has 0 saturated carbocycles. The van der Waals surface area contributed by atoms with Crippen LogP contribution in [0.4, 0.5) is 5.69 Å². The van der Waals surface area contributed by atoms with Crippen molar-refractivity contribution in [3.8, 4) is 0 Å². The average molecular weight is 482 g/mol. The van der Waals surface area contributed by atoms with E-state index in [1.165, 1.54) is 35.5 Å². The fraction of sp³-hybridized carbons (Fsp3) is 0.238. The van der Waals surface area contributed by atoms with E-state index in [0.717, 1.165) is 5.56 Å². The Balaban J connectivity index is 1.60. The second kappa shape index (κ2) is 9.82. The summed E-state index contributed by atoms with van der Waals surface area (Å²) < 4.78 is 27.1. The number of halogens is 2. The van der Waals surface area contributed by atoms with Crippen molar-refractivity contribution >= 4 is 56.8 Å². The highest BCUT2D eigenvalue weighted by molar-refractivity contribution is 7.89. The van der Waals surface area contributed by atoms with Gasteiger partial charge in [-0.1, -0.05) is 35.3 Å². The lowest BCUT2D eigenvalue weighted by atomic mass is 10.2. The molecule has 1 heterocycles. The molecule has 2 aromatic carbocycles. The van der Waals surface area contributed by atoms with Gasteiger partial charge in [-0.15, -0.1) is 0 Å².